The molecule has 1 aromatic rings. The van der Waals surface area contributed by atoms with E-state index < -0.39 is 0 Å². The zero-order valence-corrected chi connectivity index (χ0v) is 7.89. The number of nitrogens with two attached hydrogens (primary N) is 1. The van der Waals surface area contributed by atoms with Crippen molar-refractivity contribution in [1.82, 2.24) is 0 Å². The smallest absolute Gasteiger partial charge is 0.0405 e. The molecule has 3 N–H and O–H groups in total. The van der Waals surface area contributed by atoms with E-state index in [9.17, 15) is 0 Å². The summed E-state index contributed by atoms with van der Waals surface area (Å²) in [5.74, 6) is 0. The lowest BCUT2D eigenvalue weighted by molar-refractivity contribution is 1.45. The number of benzene rings is 1. The van der Waals surface area contributed by atoms with E-state index in [1.807, 2.05) is 39.0 Å². The Morgan fingerprint density at radius 1 is 1.42 bits per heavy atom. The number of anilines is 1. The van der Waals surface area contributed by atoms with Gasteiger partial charge in [0.25, 0.3) is 0 Å². The summed E-state index contributed by atoms with van der Waals surface area (Å²) in [7, 11) is 0. The van der Waals surface area contributed by atoms with Gasteiger partial charge in [-0.3, -0.25) is 0 Å². The molecular formula is C10H18N2. The van der Waals surface area contributed by atoms with E-state index in [4.69, 9.17) is 11.1 Å². The lowest BCUT2D eigenvalue weighted by Crippen LogP contribution is -1.92. The number of aryl methyl sites for hydroxylation is 1. The highest BCUT2D eigenvalue weighted by atomic mass is 14.6. The highest BCUT2D eigenvalue weighted by molar-refractivity contribution is 5.84. The Balaban J connectivity index is 0. The molecule has 1 aromatic carbocycles. The summed E-state index contributed by atoms with van der Waals surface area (Å²) in [5, 5.41) is 6.95. The molecule has 0 bridgehead atoms. The van der Waals surface area contributed by atoms with Crippen LogP contribution in [0.25, 0.3) is 0 Å². The molecule has 0 radical (unpaired) electrons. The number of rotatable bonds is 1. The first-order valence-electron chi connectivity index (χ1n) is 4.10. The lowest BCUT2D eigenvalue weighted by atomic mass is 10.1. The third-order valence-corrected chi connectivity index (χ3v) is 1.40. The summed E-state index contributed by atoms with van der Waals surface area (Å²) >= 11 is 0. The van der Waals surface area contributed by atoms with Crippen LogP contribution in [-0.4, -0.2) is 6.21 Å². The van der Waals surface area contributed by atoms with E-state index in [-0.39, 0.29) is 1.43 Å². The molecule has 12 heavy (non-hydrogen) atoms. The summed E-state index contributed by atoms with van der Waals surface area (Å²) in [6.45, 7) is 5.98. The Bertz CT molecular complexity index is 259. The summed E-state index contributed by atoms with van der Waals surface area (Å²) in [6.07, 6.45) is 1.26. The van der Waals surface area contributed by atoms with Crippen LogP contribution in [0.4, 0.5) is 5.69 Å². The van der Waals surface area contributed by atoms with Crippen LogP contribution < -0.4 is 5.73 Å². The molecule has 0 saturated carbocycles. The third-order valence-electron chi connectivity index (χ3n) is 1.40. The maximum Gasteiger partial charge on any atom is 0.0405 e. The third kappa shape index (κ3) is 2.74. The van der Waals surface area contributed by atoms with Crippen LogP contribution in [0.2, 0.25) is 0 Å². The predicted octanol–water partition coefficient (Wildman–Crippen LogP) is 2.85. The largest absolute Gasteiger partial charge is 0.398 e. The Kier molecular flexibility index (Phi) is 4.77. The van der Waals surface area contributed by atoms with Crippen LogP contribution in [0.3, 0.4) is 0 Å². The lowest BCUT2D eigenvalue weighted by Gasteiger charge is -1.98. The van der Waals surface area contributed by atoms with Gasteiger partial charge in [0.05, 0.1) is 0 Å². The molecule has 0 aliphatic rings. The van der Waals surface area contributed by atoms with Crippen molar-refractivity contribution in [2.75, 3.05) is 5.73 Å². The topological polar surface area (TPSA) is 49.9 Å². The van der Waals surface area contributed by atoms with Crippen molar-refractivity contribution in [2.24, 2.45) is 0 Å². The fourth-order valence-electron chi connectivity index (χ4n) is 0.826. The second kappa shape index (κ2) is 5.35. The van der Waals surface area contributed by atoms with Gasteiger partial charge in [0.15, 0.2) is 0 Å². The van der Waals surface area contributed by atoms with Crippen molar-refractivity contribution in [2.45, 2.75) is 20.8 Å². The minimum Gasteiger partial charge on any atom is -0.398 e. The molecule has 0 heterocycles. The minimum absolute atomic E-state index is 0. The molecule has 1 rings (SSSR count). The van der Waals surface area contributed by atoms with E-state index in [1.165, 1.54) is 6.21 Å². The predicted molar refractivity (Wildman–Crippen MR) is 56.9 cm³/mol. The van der Waals surface area contributed by atoms with Crippen LogP contribution in [0.1, 0.15) is 26.4 Å². The summed E-state index contributed by atoms with van der Waals surface area (Å²) in [4.78, 5) is 0. The van der Waals surface area contributed by atoms with Crippen molar-refractivity contribution in [1.29, 1.82) is 5.41 Å². The summed E-state index contributed by atoms with van der Waals surface area (Å²) in [6, 6.07) is 5.65. The van der Waals surface area contributed by atoms with Crippen LogP contribution >= 0.6 is 0 Å². The first-order chi connectivity index (χ1) is 5.74. The second-order valence-electron chi connectivity index (χ2n) is 2.28. The zero-order valence-electron chi connectivity index (χ0n) is 7.89. The maximum atomic E-state index is 6.95. The van der Waals surface area contributed by atoms with Crippen molar-refractivity contribution in [3.63, 3.8) is 0 Å². The first-order valence-corrected chi connectivity index (χ1v) is 4.10. The number of nitrogen functional groups attached to an aromatic ring is 1. The van der Waals surface area contributed by atoms with E-state index in [0.29, 0.717) is 5.69 Å². The molecule has 0 aliphatic heterocycles. The molecule has 68 valence electrons. The monoisotopic (exact) mass is 166 g/mol. The van der Waals surface area contributed by atoms with Gasteiger partial charge in [0.2, 0.25) is 0 Å². The molecule has 0 fully saturated rings. The Morgan fingerprint density at radius 3 is 2.42 bits per heavy atom. The molecule has 0 saturated heterocycles. The Hall–Kier alpha value is -1.31. The van der Waals surface area contributed by atoms with Gasteiger partial charge < -0.3 is 11.1 Å². The van der Waals surface area contributed by atoms with Crippen LogP contribution in [-0.2, 0) is 0 Å². The number of nitrogens with one attached hydrogen (secondary N) is 1. The summed E-state index contributed by atoms with van der Waals surface area (Å²) < 4.78 is 0. The summed E-state index contributed by atoms with van der Waals surface area (Å²) in [5.41, 5.74) is 8.17. The van der Waals surface area contributed by atoms with Gasteiger partial charge in [0.1, 0.15) is 0 Å². The average Bonchev–Trinajstić information content (AvgIpc) is 2.08. The SMILES string of the molecule is CC.Cc1ccc(C=N)c(N)c1.[HH]. The van der Waals surface area contributed by atoms with Gasteiger partial charge >= 0.3 is 0 Å². The standard InChI is InChI=1S/C8H10N2.C2H6.H2/c1-6-2-3-7(5-9)8(10)4-6;1-2;/h2-5,9H,10H2,1H3;1-2H3;1H. The quantitative estimate of drug-likeness (QED) is 0.489. The van der Waals surface area contributed by atoms with E-state index >= 15 is 0 Å². The van der Waals surface area contributed by atoms with E-state index in [0.717, 1.165) is 11.1 Å². The molecule has 0 atom stereocenters. The van der Waals surface area contributed by atoms with Crippen LogP contribution in [0, 0.1) is 12.3 Å². The van der Waals surface area contributed by atoms with Crippen LogP contribution in [0.5, 0.6) is 0 Å². The number of hydrogen-bond donors (Lipinski definition) is 2. The fourth-order valence-corrected chi connectivity index (χ4v) is 0.826. The molecule has 0 amide bonds. The average molecular weight is 166 g/mol. The fraction of sp³-hybridized carbons (Fsp3) is 0.300. The zero-order chi connectivity index (χ0) is 9.56. The molecule has 0 aliphatic carbocycles. The van der Waals surface area contributed by atoms with Gasteiger partial charge in [0, 0.05) is 18.9 Å². The minimum atomic E-state index is 0. The van der Waals surface area contributed by atoms with Gasteiger partial charge in [-0.2, -0.15) is 0 Å². The van der Waals surface area contributed by atoms with E-state index in [2.05, 4.69) is 0 Å². The van der Waals surface area contributed by atoms with Gasteiger partial charge in [-0.1, -0.05) is 26.0 Å². The van der Waals surface area contributed by atoms with Crippen molar-refractivity contribution >= 4 is 11.9 Å². The molecule has 0 aromatic heterocycles. The van der Waals surface area contributed by atoms with Gasteiger partial charge in [-0.15, -0.1) is 0 Å². The Labute approximate surface area is 75.4 Å². The normalized spacial score (nSPS) is 8.25. The van der Waals surface area contributed by atoms with Gasteiger partial charge in [-0.25, -0.2) is 0 Å². The second-order valence-corrected chi connectivity index (χ2v) is 2.28. The molecular weight excluding hydrogens is 148 g/mol. The maximum absolute atomic E-state index is 6.95. The van der Waals surface area contributed by atoms with Crippen molar-refractivity contribution < 1.29 is 1.43 Å². The molecule has 2 heteroatoms. The highest BCUT2D eigenvalue weighted by Gasteiger charge is 1.92. The molecule has 0 unspecified atom stereocenters. The highest BCUT2D eigenvalue weighted by Crippen LogP contribution is 2.10. The van der Waals surface area contributed by atoms with Crippen molar-refractivity contribution in [3.8, 4) is 0 Å². The molecule has 2 nitrogen and oxygen atoms in total. The van der Waals surface area contributed by atoms with Gasteiger partial charge in [-0.05, 0) is 18.6 Å². The van der Waals surface area contributed by atoms with E-state index in [1.54, 1.807) is 0 Å². The Morgan fingerprint density at radius 2 is 2.00 bits per heavy atom. The van der Waals surface area contributed by atoms with Crippen LogP contribution in [0.15, 0.2) is 18.2 Å². The first kappa shape index (κ1) is 10.7. The molecule has 0 spiro atoms. The van der Waals surface area contributed by atoms with Crippen molar-refractivity contribution in [3.05, 3.63) is 29.3 Å². The number of hydrogen-bond acceptors (Lipinski definition) is 2.